The monoisotopic (exact) mass is 211 g/mol. The highest BCUT2D eigenvalue weighted by Crippen LogP contribution is 2.08. The summed E-state index contributed by atoms with van der Waals surface area (Å²) in [6.07, 6.45) is 1.83. The van der Waals surface area contributed by atoms with E-state index < -0.39 is 5.38 Å². The van der Waals surface area contributed by atoms with Crippen LogP contribution in [0.3, 0.4) is 0 Å². The Morgan fingerprint density at radius 3 is 2.79 bits per heavy atom. The van der Waals surface area contributed by atoms with Crippen molar-refractivity contribution in [2.24, 2.45) is 0 Å². The number of nitriles is 1. The first-order valence-corrected chi connectivity index (χ1v) is 5.24. The molecule has 0 fully saturated rings. The molecule has 14 heavy (non-hydrogen) atoms. The maximum Gasteiger partial charge on any atom is 0.140 e. The Hall–Kier alpha value is -1.01. The summed E-state index contributed by atoms with van der Waals surface area (Å²) in [7, 11) is 0. The molecule has 0 radical (unpaired) electrons. The molecule has 3 nitrogen and oxygen atoms in total. The Labute approximate surface area is 89.3 Å². The largest absolute Gasteiger partial charge is 0.267 e. The van der Waals surface area contributed by atoms with Crippen molar-refractivity contribution in [3.63, 3.8) is 0 Å². The van der Waals surface area contributed by atoms with E-state index in [0.717, 1.165) is 24.2 Å². The highest BCUT2D eigenvalue weighted by atomic mass is 35.5. The van der Waals surface area contributed by atoms with Gasteiger partial charge in [-0.25, -0.2) is 0 Å². The van der Waals surface area contributed by atoms with Crippen LogP contribution in [0, 0.1) is 11.3 Å². The van der Waals surface area contributed by atoms with E-state index in [1.807, 2.05) is 10.8 Å². The SMILES string of the molecule is CCc1cc(CC)n(CC(Cl)C#N)n1. The molecule has 0 amide bonds. The van der Waals surface area contributed by atoms with Crippen molar-refractivity contribution in [2.75, 3.05) is 0 Å². The van der Waals surface area contributed by atoms with Crippen molar-refractivity contribution < 1.29 is 0 Å². The molecule has 1 heterocycles. The highest BCUT2D eigenvalue weighted by Gasteiger charge is 2.09. The minimum absolute atomic E-state index is 0.473. The summed E-state index contributed by atoms with van der Waals surface area (Å²) < 4.78 is 1.83. The average Bonchev–Trinajstić information content (AvgIpc) is 2.60. The predicted octanol–water partition coefficient (Wildman–Crippen LogP) is 2.14. The van der Waals surface area contributed by atoms with Crippen LogP contribution in [0.15, 0.2) is 6.07 Å². The number of halogens is 1. The van der Waals surface area contributed by atoms with Crippen LogP contribution in [0.25, 0.3) is 0 Å². The smallest absolute Gasteiger partial charge is 0.140 e. The van der Waals surface area contributed by atoms with Gasteiger partial charge in [-0.15, -0.1) is 11.6 Å². The van der Waals surface area contributed by atoms with Gasteiger partial charge in [-0.05, 0) is 18.9 Å². The van der Waals surface area contributed by atoms with Crippen molar-refractivity contribution in [3.8, 4) is 6.07 Å². The Morgan fingerprint density at radius 2 is 2.29 bits per heavy atom. The van der Waals surface area contributed by atoms with E-state index in [4.69, 9.17) is 16.9 Å². The number of aryl methyl sites for hydroxylation is 2. The van der Waals surface area contributed by atoms with E-state index in [1.54, 1.807) is 0 Å². The van der Waals surface area contributed by atoms with E-state index in [9.17, 15) is 0 Å². The second kappa shape index (κ2) is 5.02. The number of aromatic nitrogens is 2. The molecule has 0 bridgehead atoms. The summed E-state index contributed by atoms with van der Waals surface area (Å²) in [5.74, 6) is 0. The molecule has 0 aliphatic rings. The molecule has 1 aromatic heterocycles. The van der Waals surface area contributed by atoms with Crippen molar-refractivity contribution in [1.29, 1.82) is 5.26 Å². The molecule has 0 spiro atoms. The number of hydrogen-bond acceptors (Lipinski definition) is 2. The van der Waals surface area contributed by atoms with Gasteiger partial charge in [0.1, 0.15) is 5.38 Å². The summed E-state index contributed by atoms with van der Waals surface area (Å²) in [4.78, 5) is 0. The predicted molar refractivity (Wildman–Crippen MR) is 56.2 cm³/mol. The zero-order chi connectivity index (χ0) is 10.6. The first-order valence-electron chi connectivity index (χ1n) is 4.80. The Bertz CT molecular complexity index is 338. The molecule has 0 N–H and O–H groups in total. The lowest BCUT2D eigenvalue weighted by Crippen LogP contribution is -2.12. The summed E-state index contributed by atoms with van der Waals surface area (Å²) >= 11 is 5.76. The normalized spacial score (nSPS) is 12.4. The summed E-state index contributed by atoms with van der Waals surface area (Å²) in [6, 6.07) is 4.07. The van der Waals surface area contributed by atoms with Crippen LogP contribution >= 0.6 is 11.6 Å². The van der Waals surface area contributed by atoms with Gasteiger partial charge in [-0.3, -0.25) is 4.68 Å². The van der Waals surface area contributed by atoms with Gasteiger partial charge in [-0.1, -0.05) is 13.8 Å². The second-order valence-corrected chi connectivity index (χ2v) is 3.64. The van der Waals surface area contributed by atoms with E-state index in [1.165, 1.54) is 0 Å². The third-order valence-corrected chi connectivity index (χ3v) is 2.35. The van der Waals surface area contributed by atoms with Crippen LogP contribution in [0.2, 0.25) is 0 Å². The average molecular weight is 212 g/mol. The molecule has 0 saturated carbocycles. The fraction of sp³-hybridized carbons (Fsp3) is 0.600. The number of alkyl halides is 1. The van der Waals surface area contributed by atoms with Crippen molar-refractivity contribution in [1.82, 2.24) is 9.78 Å². The minimum atomic E-state index is -0.495. The van der Waals surface area contributed by atoms with Crippen LogP contribution in [0.5, 0.6) is 0 Å². The van der Waals surface area contributed by atoms with Crippen LogP contribution in [0.4, 0.5) is 0 Å². The van der Waals surface area contributed by atoms with Crippen LogP contribution in [-0.2, 0) is 19.4 Å². The van der Waals surface area contributed by atoms with E-state index >= 15 is 0 Å². The molecule has 0 saturated heterocycles. The van der Waals surface area contributed by atoms with Crippen LogP contribution in [-0.4, -0.2) is 15.2 Å². The molecular weight excluding hydrogens is 198 g/mol. The number of nitrogens with zero attached hydrogens (tertiary/aromatic N) is 3. The Morgan fingerprint density at radius 1 is 1.57 bits per heavy atom. The fourth-order valence-corrected chi connectivity index (χ4v) is 1.45. The van der Waals surface area contributed by atoms with Gasteiger partial charge in [0.25, 0.3) is 0 Å². The van der Waals surface area contributed by atoms with Crippen molar-refractivity contribution in [3.05, 3.63) is 17.5 Å². The molecule has 1 atom stereocenters. The van der Waals surface area contributed by atoms with Gasteiger partial charge in [0, 0.05) is 5.69 Å². The second-order valence-electron chi connectivity index (χ2n) is 3.11. The molecule has 0 aliphatic carbocycles. The zero-order valence-electron chi connectivity index (χ0n) is 8.50. The lowest BCUT2D eigenvalue weighted by molar-refractivity contribution is 0.595. The molecule has 1 unspecified atom stereocenters. The van der Waals surface area contributed by atoms with Gasteiger partial charge in [-0.2, -0.15) is 10.4 Å². The maximum atomic E-state index is 8.60. The quantitative estimate of drug-likeness (QED) is 0.717. The van der Waals surface area contributed by atoms with Gasteiger partial charge in [0.15, 0.2) is 0 Å². The lowest BCUT2D eigenvalue weighted by atomic mass is 10.2. The number of hydrogen-bond donors (Lipinski definition) is 0. The first-order chi connectivity index (χ1) is 6.71. The summed E-state index contributed by atoms with van der Waals surface area (Å²) in [5, 5.41) is 12.5. The molecule has 1 aromatic rings. The Balaban J connectivity index is 2.84. The Kier molecular flexibility index (Phi) is 3.97. The maximum absolute atomic E-state index is 8.60. The molecular formula is C10H14ClN3. The third-order valence-electron chi connectivity index (χ3n) is 2.11. The van der Waals surface area contributed by atoms with Gasteiger partial charge < -0.3 is 0 Å². The number of rotatable bonds is 4. The first kappa shape index (κ1) is 11.1. The van der Waals surface area contributed by atoms with E-state index in [0.29, 0.717) is 6.54 Å². The fourth-order valence-electron chi connectivity index (χ4n) is 1.32. The lowest BCUT2D eigenvalue weighted by Gasteiger charge is -2.04. The van der Waals surface area contributed by atoms with Gasteiger partial charge >= 0.3 is 0 Å². The van der Waals surface area contributed by atoms with E-state index in [2.05, 4.69) is 25.0 Å². The summed E-state index contributed by atoms with van der Waals surface area (Å²) in [5.41, 5.74) is 2.20. The minimum Gasteiger partial charge on any atom is -0.267 e. The van der Waals surface area contributed by atoms with Gasteiger partial charge in [0.05, 0.1) is 18.3 Å². The van der Waals surface area contributed by atoms with Crippen molar-refractivity contribution in [2.45, 2.75) is 38.6 Å². The summed E-state index contributed by atoms with van der Waals surface area (Å²) in [6.45, 7) is 4.61. The molecule has 0 aromatic carbocycles. The topological polar surface area (TPSA) is 41.6 Å². The van der Waals surface area contributed by atoms with Gasteiger partial charge in [0.2, 0.25) is 0 Å². The third kappa shape index (κ3) is 2.49. The standard InChI is InChI=1S/C10H14ClN3/c1-3-9-5-10(4-2)14(13-9)7-8(11)6-12/h5,8H,3-4,7H2,1-2H3. The molecule has 76 valence electrons. The highest BCUT2D eigenvalue weighted by molar-refractivity contribution is 6.22. The van der Waals surface area contributed by atoms with Crippen LogP contribution < -0.4 is 0 Å². The molecule has 0 aliphatic heterocycles. The van der Waals surface area contributed by atoms with Crippen molar-refractivity contribution >= 4 is 11.6 Å². The molecule has 4 heteroatoms. The molecule has 1 rings (SSSR count). The zero-order valence-corrected chi connectivity index (χ0v) is 9.25. The van der Waals surface area contributed by atoms with E-state index in [-0.39, 0.29) is 0 Å². The van der Waals surface area contributed by atoms with Crippen LogP contribution in [0.1, 0.15) is 25.2 Å².